The van der Waals surface area contributed by atoms with Gasteiger partial charge >= 0.3 is 0 Å². The molecule has 2 unspecified atom stereocenters. The molecule has 0 saturated heterocycles. The van der Waals surface area contributed by atoms with Gasteiger partial charge in [-0.1, -0.05) is 84.9 Å². The van der Waals surface area contributed by atoms with E-state index in [-0.39, 0.29) is 12.0 Å². The minimum Gasteiger partial charge on any atom is -0.318 e. The predicted molar refractivity (Wildman–Crippen MR) is 151 cm³/mol. The van der Waals surface area contributed by atoms with E-state index in [2.05, 4.69) is 113 Å². The summed E-state index contributed by atoms with van der Waals surface area (Å²) in [6.45, 7) is 0. The predicted octanol–water partition coefficient (Wildman–Crippen LogP) is 7.68. The van der Waals surface area contributed by atoms with Crippen molar-refractivity contribution >= 4 is 17.7 Å². The van der Waals surface area contributed by atoms with Gasteiger partial charge in [-0.15, -0.1) is 0 Å². The molecule has 5 aromatic rings. The van der Waals surface area contributed by atoms with E-state index in [1.54, 1.807) is 0 Å². The summed E-state index contributed by atoms with van der Waals surface area (Å²) in [4.78, 5) is 16.8. The standard InChI is InChI=1S/C33H24N4/c1-2-8-23(9-3-1)24-16-18-25(19-17-24)28-11-6-12-29(35-28)30-13-7-15-33(36-30)37-31-14-5-4-10-26(31)27-22-34-21-20-32(27)37/h1-22,27,32H. The molecule has 0 bridgehead atoms. The normalized spacial score (nSPS) is 17.5. The van der Waals surface area contributed by atoms with Crippen LogP contribution >= 0.6 is 0 Å². The molecule has 0 aliphatic carbocycles. The summed E-state index contributed by atoms with van der Waals surface area (Å²) in [6.07, 6.45) is 6.09. The highest BCUT2D eigenvalue weighted by molar-refractivity contribution is 5.84. The lowest BCUT2D eigenvalue weighted by Crippen LogP contribution is -2.30. The topological polar surface area (TPSA) is 41.4 Å². The van der Waals surface area contributed by atoms with Gasteiger partial charge in [0.2, 0.25) is 0 Å². The van der Waals surface area contributed by atoms with E-state index in [9.17, 15) is 0 Å². The molecule has 0 radical (unpaired) electrons. The van der Waals surface area contributed by atoms with Gasteiger partial charge < -0.3 is 4.90 Å². The monoisotopic (exact) mass is 476 g/mol. The second kappa shape index (κ2) is 8.99. The molecule has 0 fully saturated rings. The van der Waals surface area contributed by atoms with Crippen molar-refractivity contribution in [3.8, 4) is 33.8 Å². The number of para-hydroxylation sites is 1. The van der Waals surface area contributed by atoms with E-state index in [0.717, 1.165) is 28.5 Å². The summed E-state index contributed by atoms with van der Waals surface area (Å²) in [5.74, 6) is 1.14. The molecule has 2 aliphatic heterocycles. The molecule has 3 aromatic carbocycles. The van der Waals surface area contributed by atoms with Crippen molar-refractivity contribution in [2.75, 3.05) is 4.90 Å². The Bertz CT molecular complexity index is 1640. The average Bonchev–Trinajstić information content (AvgIpc) is 3.32. The molecule has 0 amide bonds. The number of aliphatic imine (C=N–C) groups is 1. The van der Waals surface area contributed by atoms with Crippen LogP contribution in [0, 0.1) is 0 Å². The highest BCUT2D eigenvalue weighted by Crippen LogP contribution is 2.45. The van der Waals surface area contributed by atoms with Crippen LogP contribution in [0.1, 0.15) is 11.5 Å². The van der Waals surface area contributed by atoms with E-state index in [1.165, 1.54) is 22.4 Å². The molecule has 7 rings (SSSR count). The molecular weight excluding hydrogens is 452 g/mol. The Morgan fingerprint density at radius 1 is 0.541 bits per heavy atom. The number of hydrogen-bond donors (Lipinski definition) is 0. The molecule has 2 aliphatic rings. The van der Waals surface area contributed by atoms with Crippen LogP contribution in [0.2, 0.25) is 0 Å². The summed E-state index contributed by atoms with van der Waals surface area (Å²) in [5, 5.41) is 0. The number of anilines is 2. The molecule has 37 heavy (non-hydrogen) atoms. The first-order chi connectivity index (χ1) is 18.3. The SMILES string of the molecule is C1=CC2C(C=N1)c1ccccc1N2c1cccc(-c2cccc(-c3ccc(-c4ccccc4)cc3)n2)n1. The molecule has 2 atom stereocenters. The third kappa shape index (κ3) is 3.83. The molecule has 4 nitrogen and oxygen atoms in total. The average molecular weight is 477 g/mol. The number of nitrogens with zero attached hydrogens (tertiary/aromatic N) is 4. The van der Waals surface area contributed by atoms with Gasteiger partial charge in [-0.2, -0.15) is 0 Å². The van der Waals surface area contributed by atoms with Crippen LogP contribution in [0.15, 0.2) is 133 Å². The highest BCUT2D eigenvalue weighted by atomic mass is 15.2. The Balaban J connectivity index is 1.22. The van der Waals surface area contributed by atoms with Crippen molar-refractivity contribution < 1.29 is 0 Å². The molecule has 176 valence electrons. The Hall–Kier alpha value is -4.83. The first-order valence-corrected chi connectivity index (χ1v) is 12.5. The van der Waals surface area contributed by atoms with Gasteiger partial charge in [-0.3, -0.25) is 4.99 Å². The van der Waals surface area contributed by atoms with E-state index >= 15 is 0 Å². The zero-order chi connectivity index (χ0) is 24.6. The second-order valence-electron chi connectivity index (χ2n) is 9.32. The van der Waals surface area contributed by atoms with Crippen LogP contribution in [0.3, 0.4) is 0 Å². The van der Waals surface area contributed by atoms with E-state index in [0.29, 0.717) is 0 Å². The van der Waals surface area contributed by atoms with Crippen LogP contribution < -0.4 is 4.90 Å². The molecule has 0 spiro atoms. The summed E-state index contributed by atoms with van der Waals surface area (Å²) in [7, 11) is 0. The quantitative estimate of drug-likeness (QED) is 0.267. The minimum absolute atomic E-state index is 0.167. The third-order valence-electron chi connectivity index (χ3n) is 7.12. The lowest BCUT2D eigenvalue weighted by molar-refractivity contribution is 0.772. The van der Waals surface area contributed by atoms with Gasteiger partial charge in [-0.05, 0) is 53.1 Å². The summed E-state index contributed by atoms with van der Waals surface area (Å²) in [5.41, 5.74) is 8.60. The van der Waals surface area contributed by atoms with Crippen LogP contribution in [0.4, 0.5) is 11.5 Å². The molecule has 0 N–H and O–H groups in total. The zero-order valence-corrected chi connectivity index (χ0v) is 20.1. The van der Waals surface area contributed by atoms with Crippen LogP contribution in [-0.2, 0) is 0 Å². The maximum absolute atomic E-state index is 5.09. The van der Waals surface area contributed by atoms with Crippen LogP contribution in [0.25, 0.3) is 33.8 Å². The first-order valence-electron chi connectivity index (χ1n) is 12.5. The molecule has 0 saturated carbocycles. The third-order valence-corrected chi connectivity index (χ3v) is 7.12. The van der Waals surface area contributed by atoms with Crippen molar-refractivity contribution in [2.45, 2.75) is 12.0 Å². The maximum Gasteiger partial charge on any atom is 0.134 e. The molecular formula is C33H24N4. The second-order valence-corrected chi connectivity index (χ2v) is 9.32. The highest BCUT2D eigenvalue weighted by Gasteiger charge is 2.38. The van der Waals surface area contributed by atoms with Gasteiger partial charge in [0, 0.05) is 29.6 Å². The summed E-state index contributed by atoms with van der Waals surface area (Å²) < 4.78 is 0. The zero-order valence-electron chi connectivity index (χ0n) is 20.1. The summed E-state index contributed by atoms with van der Waals surface area (Å²) in [6, 6.07) is 40.0. The fourth-order valence-electron chi connectivity index (χ4n) is 5.33. The Morgan fingerprint density at radius 3 is 2.08 bits per heavy atom. The number of benzene rings is 3. The fraction of sp³-hybridized carbons (Fsp3) is 0.0606. The Kier molecular flexibility index (Phi) is 5.21. The minimum atomic E-state index is 0.167. The number of rotatable bonds is 4. The number of fused-ring (bicyclic) bond motifs is 3. The van der Waals surface area contributed by atoms with Gasteiger partial charge in [0.05, 0.1) is 23.1 Å². The van der Waals surface area contributed by atoms with E-state index in [1.807, 2.05) is 30.6 Å². The number of pyridine rings is 2. The first kappa shape index (κ1) is 21.5. The Labute approximate surface area is 216 Å². The van der Waals surface area contributed by atoms with Gasteiger partial charge in [-0.25, -0.2) is 9.97 Å². The maximum atomic E-state index is 5.09. The van der Waals surface area contributed by atoms with Crippen molar-refractivity contribution in [2.24, 2.45) is 4.99 Å². The lowest BCUT2D eigenvalue weighted by atomic mass is 9.95. The van der Waals surface area contributed by atoms with Gasteiger partial charge in [0.1, 0.15) is 5.82 Å². The van der Waals surface area contributed by atoms with Crippen molar-refractivity contribution in [3.63, 3.8) is 0 Å². The van der Waals surface area contributed by atoms with Crippen molar-refractivity contribution in [1.29, 1.82) is 0 Å². The lowest BCUT2D eigenvalue weighted by Gasteiger charge is -2.27. The van der Waals surface area contributed by atoms with E-state index in [4.69, 9.17) is 9.97 Å². The number of hydrogen-bond acceptors (Lipinski definition) is 4. The van der Waals surface area contributed by atoms with E-state index < -0.39 is 0 Å². The van der Waals surface area contributed by atoms with Crippen LogP contribution in [-0.4, -0.2) is 22.2 Å². The molecule has 4 heterocycles. The largest absolute Gasteiger partial charge is 0.318 e. The molecule has 4 heteroatoms. The molecule has 2 aromatic heterocycles. The summed E-state index contributed by atoms with van der Waals surface area (Å²) >= 11 is 0. The Morgan fingerprint density at radius 2 is 1.22 bits per heavy atom. The fourth-order valence-corrected chi connectivity index (χ4v) is 5.33. The van der Waals surface area contributed by atoms with Crippen molar-refractivity contribution in [3.05, 3.63) is 133 Å². The van der Waals surface area contributed by atoms with Gasteiger partial charge in [0.25, 0.3) is 0 Å². The van der Waals surface area contributed by atoms with Gasteiger partial charge in [0.15, 0.2) is 0 Å². The number of aromatic nitrogens is 2. The van der Waals surface area contributed by atoms with Crippen molar-refractivity contribution in [1.82, 2.24) is 9.97 Å². The smallest absolute Gasteiger partial charge is 0.134 e. The van der Waals surface area contributed by atoms with Crippen LogP contribution in [0.5, 0.6) is 0 Å².